The molecule has 3 saturated heterocycles. The summed E-state index contributed by atoms with van der Waals surface area (Å²) in [7, 11) is 0. The number of amides is 2. The minimum atomic E-state index is -0.617. The molecule has 3 atom stereocenters. The molecule has 3 aliphatic heterocycles. The molecule has 6 nitrogen and oxygen atoms in total. The van der Waals surface area contributed by atoms with Gasteiger partial charge in [0.15, 0.2) is 5.78 Å². The molecule has 86 valence electrons. The van der Waals surface area contributed by atoms with Gasteiger partial charge in [-0.1, -0.05) is 0 Å². The number of fused-ring (bicyclic) bond motifs is 2. The third-order valence-electron chi connectivity index (χ3n) is 3.56. The fraction of sp³-hybridized carbons (Fsp3) is 0.700. The Labute approximate surface area is 91.8 Å². The van der Waals surface area contributed by atoms with Gasteiger partial charge in [0.25, 0.3) is 0 Å². The normalized spacial score (nSPS) is 38.1. The lowest BCUT2D eigenvalue weighted by atomic mass is 10.1. The SMILES string of the molecule is O=C1CC2C(=O)N3CC(O)CC3C(=O)N2C1. The van der Waals surface area contributed by atoms with Crippen LogP contribution in [-0.2, 0) is 14.4 Å². The molecular formula is C10H12N2O4. The van der Waals surface area contributed by atoms with Crippen molar-refractivity contribution < 1.29 is 19.5 Å². The van der Waals surface area contributed by atoms with Crippen LogP contribution in [0.1, 0.15) is 12.8 Å². The van der Waals surface area contributed by atoms with Crippen LogP contribution in [0.5, 0.6) is 0 Å². The predicted molar refractivity (Wildman–Crippen MR) is 51.2 cm³/mol. The number of piperazine rings is 1. The molecular weight excluding hydrogens is 212 g/mol. The summed E-state index contributed by atoms with van der Waals surface area (Å²) >= 11 is 0. The molecule has 1 N–H and O–H groups in total. The highest BCUT2D eigenvalue weighted by Crippen LogP contribution is 2.30. The third-order valence-corrected chi connectivity index (χ3v) is 3.56. The number of nitrogens with zero attached hydrogens (tertiary/aromatic N) is 2. The first kappa shape index (κ1) is 9.77. The summed E-state index contributed by atoms with van der Waals surface area (Å²) in [6.45, 7) is 0.267. The number of aliphatic hydroxyl groups excluding tert-OH is 1. The Morgan fingerprint density at radius 1 is 1.06 bits per heavy atom. The molecule has 0 bridgehead atoms. The molecule has 0 aromatic rings. The van der Waals surface area contributed by atoms with E-state index in [1.807, 2.05) is 0 Å². The van der Waals surface area contributed by atoms with Crippen LogP contribution in [0.15, 0.2) is 0 Å². The van der Waals surface area contributed by atoms with Crippen LogP contribution in [0.25, 0.3) is 0 Å². The van der Waals surface area contributed by atoms with Gasteiger partial charge in [-0.25, -0.2) is 0 Å². The molecule has 0 aliphatic carbocycles. The van der Waals surface area contributed by atoms with Gasteiger partial charge >= 0.3 is 0 Å². The highest BCUT2D eigenvalue weighted by Gasteiger charge is 2.53. The van der Waals surface area contributed by atoms with E-state index in [2.05, 4.69) is 0 Å². The Kier molecular flexibility index (Phi) is 1.85. The van der Waals surface area contributed by atoms with Gasteiger partial charge in [0.2, 0.25) is 11.8 Å². The van der Waals surface area contributed by atoms with Crippen molar-refractivity contribution in [1.82, 2.24) is 9.80 Å². The summed E-state index contributed by atoms with van der Waals surface area (Å²) in [6.07, 6.45) is -0.195. The van der Waals surface area contributed by atoms with E-state index in [9.17, 15) is 19.5 Å². The minimum Gasteiger partial charge on any atom is -0.391 e. The number of Topliss-reactive ketones (excluding diaryl/α,β-unsaturated/α-hetero) is 1. The van der Waals surface area contributed by atoms with E-state index in [1.54, 1.807) is 0 Å². The maximum absolute atomic E-state index is 12.0. The largest absolute Gasteiger partial charge is 0.391 e. The Morgan fingerprint density at radius 2 is 1.75 bits per heavy atom. The van der Waals surface area contributed by atoms with Gasteiger partial charge in [-0.3, -0.25) is 14.4 Å². The monoisotopic (exact) mass is 224 g/mol. The van der Waals surface area contributed by atoms with Crippen molar-refractivity contribution in [2.75, 3.05) is 13.1 Å². The summed E-state index contributed by atoms with van der Waals surface area (Å²) in [5.74, 6) is -0.438. The van der Waals surface area contributed by atoms with Crippen LogP contribution < -0.4 is 0 Å². The number of ketones is 1. The van der Waals surface area contributed by atoms with Crippen molar-refractivity contribution in [1.29, 1.82) is 0 Å². The zero-order chi connectivity index (χ0) is 11.4. The van der Waals surface area contributed by atoms with Gasteiger partial charge < -0.3 is 14.9 Å². The summed E-state index contributed by atoms with van der Waals surface area (Å²) < 4.78 is 0. The van der Waals surface area contributed by atoms with E-state index in [1.165, 1.54) is 9.80 Å². The zero-order valence-corrected chi connectivity index (χ0v) is 8.63. The van der Waals surface area contributed by atoms with Crippen LogP contribution in [0.2, 0.25) is 0 Å². The van der Waals surface area contributed by atoms with Crippen LogP contribution in [-0.4, -0.2) is 63.8 Å². The number of carbonyl (C=O) groups excluding carboxylic acids is 3. The van der Waals surface area contributed by atoms with Crippen LogP contribution >= 0.6 is 0 Å². The van der Waals surface area contributed by atoms with Gasteiger partial charge in [-0.05, 0) is 0 Å². The highest BCUT2D eigenvalue weighted by atomic mass is 16.3. The second-order valence-electron chi connectivity index (χ2n) is 4.62. The zero-order valence-electron chi connectivity index (χ0n) is 8.63. The van der Waals surface area contributed by atoms with Gasteiger partial charge in [0, 0.05) is 19.4 Å². The first-order valence-electron chi connectivity index (χ1n) is 5.38. The van der Waals surface area contributed by atoms with Crippen molar-refractivity contribution in [3.63, 3.8) is 0 Å². The molecule has 0 spiro atoms. The smallest absolute Gasteiger partial charge is 0.246 e. The number of carbonyl (C=O) groups is 3. The maximum atomic E-state index is 12.0. The maximum Gasteiger partial charge on any atom is 0.246 e. The van der Waals surface area contributed by atoms with Crippen molar-refractivity contribution in [3.05, 3.63) is 0 Å². The Morgan fingerprint density at radius 3 is 2.50 bits per heavy atom. The van der Waals surface area contributed by atoms with E-state index in [0.717, 1.165) is 0 Å². The van der Waals surface area contributed by atoms with Gasteiger partial charge in [-0.15, -0.1) is 0 Å². The average molecular weight is 224 g/mol. The van der Waals surface area contributed by atoms with Crippen LogP contribution in [0, 0.1) is 0 Å². The number of aliphatic hydroxyl groups is 1. The second kappa shape index (κ2) is 3.04. The highest BCUT2D eigenvalue weighted by molar-refractivity contribution is 6.04. The second-order valence-corrected chi connectivity index (χ2v) is 4.62. The molecule has 0 saturated carbocycles. The molecule has 3 aliphatic rings. The summed E-state index contributed by atoms with van der Waals surface area (Å²) in [4.78, 5) is 38.0. The quantitative estimate of drug-likeness (QED) is 0.523. The Bertz CT molecular complexity index is 360. The molecule has 0 radical (unpaired) electrons. The number of hydrogen-bond donors (Lipinski definition) is 1. The van der Waals surface area contributed by atoms with E-state index in [0.29, 0.717) is 6.42 Å². The molecule has 3 unspecified atom stereocenters. The average Bonchev–Trinajstić information content (AvgIpc) is 2.78. The molecule has 0 aromatic carbocycles. The molecule has 6 heteroatoms. The molecule has 16 heavy (non-hydrogen) atoms. The van der Waals surface area contributed by atoms with E-state index in [4.69, 9.17) is 0 Å². The van der Waals surface area contributed by atoms with Crippen molar-refractivity contribution in [2.24, 2.45) is 0 Å². The summed E-state index contributed by atoms with van der Waals surface area (Å²) in [5.41, 5.74) is 0. The van der Waals surface area contributed by atoms with Crippen LogP contribution in [0.4, 0.5) is 0 Å². The first-order chi connectivity index (χ1) is 7.58. The standard InChI is InChI=1S/C10H12N2O4/c13-5-1-7-9(15)12-4-6(14)2-8(12)10(16)11(7)3-5/h5,7-8,13H,1-4H2. The van der Waals surface area contributed by atoms with Gasteiger partial charge in [-0.2, -0.15) is 0 Å². The number of hydrogen-bond acceptors (Lipinski definition) is 4. The van der Waals surface area contributed by atoms with E-state index >= 15 is 0 Å². The topological polar surface area (TPSA) is 77.9 Å². The molecule has 3 heterocycles. The van der Waals surface area contributed by atoms with Crippen molar-refractivity contribution >= 4 is 17.6 Å². The fourth-order valence-electron chi connectivity index (χ4n) is 2.82. The van der Waals surface area contributed by atoms with Crippen molar-refractivity contribution in [3.8, 4) is 0 Å². The molecule has 3 fully saturated rings. The molecule has 3 rings (SSSR count). The first-order valence-corrected chi connectivity index (χ1v) is 5.38. The van der Waals surface area contributed by atoms with Crippen molar-refractivity contribution in [2.45, 2.75) is 31.0 Å². The Hall–Kier alpha value is -1.43. The number of rotatable bonds is 0. The lowest BCUT2D eigenvalue weighted by Gasteiger charge is -2.37. The fourth-order valence-corrected chi connectivity index (χ4v) is 2.82. The Balaban J connectivity index is 1.95. The van der Waals surface area contributed by atoms with Gasteiger partial charge in [0.1, 0.15) is 12.1 Å². The molecule has 2 amide bonds. The third kappa shape index (κ3) is 1.13. The predicted octanol–water partition coefficient (Wildman–Crippen LogP) is -1.87. The van der Waals surface area contributed by atoms with E-state index in [-0.39, 0.29) is 37.1 Å². The summed E-state index contributed by atoms with van der Waals surface area (Å²) in [5, 5.41) is 9.48. The van der Waals surface area contributed by atoms with Crippen LogP contribution in [0.3, 0.4) is 0 Å². The minimum absolute atomic E-state index is 0.0513. The van der Waals surface area contributed by atoms with Gasteiger partial charge in [0.05, 0.1) is 12.6 Å². The van der Waals surface area contributed by atoms with E-state index < -0.39 is 18.2 Å². The lowest BCUT2D eigenvalue weighted by Crippen LogP contribution is -2.60. The summed E-state index contributed by atoms with van der Waals surface area (Å²) in [6, 6.07) is -1.16. The lowest BCUT2D eigenvalue weighted by molar-refractivity contribution is -0.157. The molecule has 0 aromatic heterocycles.